The molecule has 1 heterocycles. The summed E-state index contributed by atoms with van der Waals surface area (Å²) in [7, 11) is 3.20. The molecule has 1 aromatic rings. The number of likely N-dealkylation sites (tertiary alicyclic amines) is 1. The Kier molecular flexibility index (Phi) is 6.52. The molecule has 1 N–H and O–H groups in total. The van der Waals surface area contributed by atoms with E-state index in [4.69, 9.17) is 9.47 Å². The van der Waals surface area contributed by atoms with Gasteiger partial charge < -0.3 is 19.7 Å². The summed E-state index contributed by atoms with van der Waals surface area (Å²) in [5, 5.41) is 2.98. The minimum atomic E-state index is 0.0497. The molecule has 1 amide bonds. The van der Waals surface area contributed by atoms with Gasteiger partial charge in [0.1, 0.15) is 0 Å². The van der Waals surface area contributed by atoms with Crippen LogP contribution in [0.25, 0.3) is 0 Å². The van der Waals surface area contributed by atoms with E-state index in [1.54, 1.807) is 14.2 Å². The zero-order valence-corrected chi connectivity index (χ0v) is 13.6. The molecule has 0 aliphatic carbocycles. The number of ether oxygens (including phenoxy) is 2. The highest BCUT2D eigenvalue weighted by Gasteiger charge is 2.11. The first-order chi connectivity index (χ1) is 10.7. The number of carbonyl (C=O) groups is 1. The number of hydrogen-bond acceptors (Lipinski definition) is 4. The number of hydrogen-bond donors (Lipinski definition) is 1. The molecule has 0 radical (unpaired) electrons. The summed E-state index contributed by atoms with van der Waals surface area (Å²) in [6.45, 7) is 4.23. The van der Waals surface area contributed by atoms with E-state index in [-0.39, 0.29) is 5.91 Å². The number of benzene rings is 1. The molecule has 1 aliphatic rings. The Balaban J connectivity index is 1.72. The van der Waals surface area contributed by atoms with Crippen LogP contribution in [0.15, 0.2) is 18.2 Å². The van der Waals surface area contributed by atoms with Gasteiger partial charge in [-0.2, -0.15) is 0 Å². The van der Waals surface area contributed by atoms with E-state index in [0.29, 0.717) is 17.9 Å². The maximum absolute atomic E-state index is 12.0. The minimum Gasteiger partial charge on any atom is -0.493 e. The van der Waals surface area contributed by atoms with Gasteiger partial charge in [-0.15, -0.1) is 0 Å². The van der Waals surface area contributed by atoms with Crippen LogP contribution in [0.3, 0.4) is 0 Å². The largest absolute Gasteiger partial charge is 0.493 e. The molecule has 2 rings (SSSR count). The molecule has 5 nitrogen and oxygen atoms in total. The van der Waals surface area contributed by atoms with Crippen molar-refractivity contribution in [1.29, 1.82) is 0 Å². The van der Waals surface area contributed by atoms with Gasteiger partial charge in [0.15, 0.2) is 11.5 Å². The predicted molar refractivity (Wildman–Crippen MR) is 86.6 cm³/mol. The van der Waals surface area contributed by atoms with Crippen molar-refractivity contribution in [3.05, 3.63) is 23.8 Å². The number of rotatable bonds is 8. The third-order valence-electron chi connectivity index (χ3n) is 3.98. The van der Waals surface area contributed by atoms with Crippen molar-refractivity contribution in [1.82, 2.24) is 10.2 Å². The summed E-state index contributed by atoms with van der Waals surface area (Å²) in [5.41, 5.74) is 0.926. The van der Waals surface area contributed by atoms with Gasteiger partial charge in [0.05, 0.1) is 20.6 Å². The van der Waals surface area contributed by atoms with Gasteiger partial charge in [-0.05, 0) is 56.6 Å². The Hall–Kier alpha value is -1.75. The van der Waals surface area contributed by atoms with E-state index in [1.807, 2.05) is 18.2 Å². The lowest BCUT2D eigenvalue weighted by Gasteiger charge is -2.14. The molecule has 1 aromatic carbocycles. The third kappa shape index (κ3) is 4.91. The maximum atomic E-state index is 12.0. The quantitative estimate of drug-likeness (QED) is 0.745. The molecule has 0 spiro atoms. The lowest BCUT2D eigenvalue weighted by molar-refractivity contribution is -0.120. The monoisotopic (exact) mass is 306 g/mol. The highest BCUT2D eigenvalue weighted by atomic mass is 16.5. The average Bonchev–Trinajstić information content (AvgIpc) is 3.04. The van der Waals surface area contributed by atoms with Crippen LogP contribution in [-0.4, -0.2) is 51.2 Å². The van der Waals surface area contributed by atoms with Crippen molar-refractivity contribution in [2.24, 2.45) is 0 Å². The summed E-state index contributed by atoms with van der Waals surface area (Å²) in [4.78, 5) is 14.4. The second-order valence-corrected chi connectivity index (χ2v) is 5.62. The molecule has 22 heavy (non-hydrogen) atoms. The molecule has 5 heteroatoms. The maximum Gasteiger partial charge on any atom is 0.224 e. The summed E-state index contributed by atoms with van der Waals surface area (Å²) >= 11 is 0. The van der Waals surface area contributed by atoms with Crippen LogP contribution in [0.2, 0.25) is 0 Å². The average molecular weight is 306 g/mol. The fourth-order valence-electron chi connectivity index (χ4n) is 2.78. The number of nitrogens with one attached hydrogen (secondary N) is 1. The Morgan fingerprint density at radius 2 is 1.91 bits per heavy atom. The Bertz CT molecular complexity index is 485. The number of methoxy groups -OCH3 is 2. The molecule has 0 saturated carbocycles. The smallest absolute Gasteiger partial charge is 0.224 e. The van der Waals surface area contributed by atoms with Gasteiger partial charge in [-0.25, -0.2) is 0 Å². The molecule has 1 saturated heterocycles. The van der Waals surface area contributed by atoms with Crippen LogP contribution in [0.1, 0.15) is 24.8 Å². The highest BCUT2D eigenvalue weighted by Crippen LogP contribution is 2.27. The van der Waals surface area contributed by atoms with Crippen molar-refractivity contribution >= 4 is 5.91 Å². The summed E-state index contributed by atoms with van der Waals surface area (Å²) in [6, 6.07) is 5.57. The van der Waals surface area contributed by atoms with Gasteiger partial charge in [0.25, 0.3) is 0 Å². The van der Waals surface area contributed by atoms with E-state index < -0.39 is 0 Å². The first-order valence-corrected chi connectivity index (χ1v) is 7.93. The van der Waals surface area contributed by atoms with Crippen LogP contribution in [0.5, 0.6) is 11.5 Å². The molecular formula is C17H26N2O3. The lowest BCUT2D eigenvalue weighted by atomic mass is 10.1. The predicted octanol–water partition coefficient (Wildman–Crippen LogP) is 1.85. The van der Waals surface area contributed by atoms with Gasteiger partial charge in [0.2, 0.25) is 5.91 Å². The van der Waals surface area contributed by atoms with Crippen molar-refractivity contribution in [3.8, 4) is 11.5 Å². The van der Waals surface area contributed by atoms with Gasteiger partial charge in [0, 0.05) is 6.54 Å². The molecule has 0 aromatic heterocycles. The molecule has 122 valence electrons. The number of amides is 1. The molecular weight excluding hydrogens is 280 g/mol. The normalized spacial score (nSPS) is 14.8. The first-order valence-electron chi connectivity index (χ1n) is 7.93. The van der Waals surface area contributed by atoms with Crippen molar-refractivity contribution in [3.63, 3.8) is 0 Å². The zero-order valence-electron chi connectivity index (χ0n) is 13.6. The topological polar surface area (TPSA) is 50.8 Å². The Morgan fingerprint density at radius 3 is 2.59 bits per heavy atom. The molecule has 1 fully saturated rings. The van der Waals surface area contributed by atoms with Gasteiger partial charge in [-0.1, -0.05) is 6.07 Å². The summed E-state index contributed by atoms with van der Waals surface area (Å²) in [5.74, 6) is 1.38. The van der Waals surface area contributed by atoms with E-state index >= 15 is 0 Å². The zero-order chi connectivity index (χ0) is 15.8. The highest BCUT2D eigenvalue weighted by molar-refractivity contribution is 5.78. The fourth-order valence-corrected chi connectivity index (χ4v) is 2.78. The first kappa shape index (κ1) is 16.6. The second-order valence-electron chi connectivity index (χ2n) is 5.62. The summed E-state index contributed by atoms with van der Waals surface area (Å²) in [6.07, 6.45) is 4.00. The van der Waals surface area contributed by atoms with Gasteiger partial charge in [-0.3, -0.25) is 4.79 Å². The van der Waals surface area contributed by atoms with Crippen LogP contribution >= 0.6 is 0 Å². The second kappa shape index (κ2) is 8.63. The van der Waals surface area contributed by atoms with E-state index in [1.165, 1.54) is 25.9 Å². The van der Waals surface area contributed by atoms with E-state index in [0.717, 1.165) is 25.1 Å². The fraction of sp³-hybridized carbons (Fsp3) is 0.588. The minimum absolute atomic E-state index is 0.0497. The molecule has 0 bridgehead atoms. The Labute approximate surface area is 132 Å². The lowest BCUT2D eigenvalue weighted by Crippen LogP contribution is -2.29. The standard InChI is InChI=1S/C17H26N2O3/c1-21-15-7-6-14(12-16(15)22-2)13-17(20)18-8-5-11-19-9-3-4-10-19/h6-7,12H,3-5,8-11,13H2,1-2H3,(H,18,20). The third-order valence-corrected chi connectivity index (χ3v) is 3.98. The van der Waals surface area contributed by atoms with Crippen LogP contribution in [0.4, 0.5) is 0 Å². The number of carbonyl (C=O) groups excluding carboxylic acids is 1. The number of nitrogens with zero attached hydrogens (tertiary/aromatic N) is 1. The van der Waals surface area contributed by atoms with Crippen molar-refractivity contribution in [2.45, 2.75) is 25.7 Å². The molecule has 0 unspecified atom stereocenters. The molecule has 0 atom stereocenters. The summed E-state index contributed by atoms with van der Waals surface area (Å²) < 4.78 is 10.4. The van der Waals surface area contributed by atoms with Crippen molar-refractivity contribution < 1.29 is 14.3 Å². The van der Waals surface area contributed by atoms with Crippen LogP contribution < -0.4 is 14.8 Å². The SMILES string of the molecule is COc1ccc(CC(=O)NCCCN2CCCC2)cc1OC. The van der Waals surface area contributed by atoms with Crippen molar-refractivity contribution in [2.75, 3.05) is 40.4 Å². The van der Waals surface area contributed by atoms with Gasteiger partial charge >= 0.3 is 0 Å². The van der Waals surface area contributed by atoms with E-state index in [2.05, 4.69) is 10.2 Å². The van der Waals surface area contributed by atoms with Crippen LogP contribution in [-0.2, 0) is 11.2 Å². The van der Waals surface area contributed by atoms with E-state index in [9.17, 15) is 4.79 Å². The molecule has 1 aliphatic heterocycles. The Morgan fingerprint density at radius 1 is 1.18 bits per heavy atom. The van der Waals surface area contributed by atoms with Crippen LogP contribution in [0, 0.1) is 0 Å².